The second-order valence-electron chi connectivity index (χ2n) is 4.84. The molecule has 0 spiro atoms. The van der Waals surface area contributed by atoms with Crippen molar-refractivity contribution in [3.8, 4) is 6.01 Å². The van der Waals surface area contributed by atoms with Crippen LogP contribution in [0.15, 0.2) is 0 Å². The Balaban J connectivity index is 1.93. The molecule has 0 aliphatic carbocycles. The predicted octanol–water partition coefficient (Wildman–Crippen LogP) is 2.15. The lowest BCUT2D eigenvalue weighted by atomic mass is 10.0. The molecule has 0 bridgehead atoms. The number of halogens is 1. The molecule has 106 valence electrons. The van der Waals surface area contributed by atoms with Crippen molar-refractivity contribution in [2.75, 3.05) is 25.1 Å². The van der Waals surface area contributed by atoms with Gasteiger partial charge in [0.15, 0.2) is 0 Å². The highest BCUT2D eigenvalue weighted by molar-refractivity contribution is 6.28. The number of hydrogen-bond acceptors (Lipinski definition) is 6. The van der Waals surface area contributed by atoms with Gasteiger partial charge in [0.2, 0.25) is 11.2 Å². The molecule has 1 aliphatic heterocycles. The van der Waals surface area contributed by atoms with E-state index < -0.39 is 0 Å². The Bertz CT molecular complexity index is 411. The number of hydrogen-bond donors (Lipinski definition) is 1. The Morgan fingerprint density at radius 1 is 1.42 bits per heavy atom. The van der Waals surface area contributed by atoms with Crippen molar-refractivity contribution in [2.45, 2.75) is 32.8 Å². The molecule has 0 amide bonds. The van der Waals surface area contributed by atoms with Crippen LogP contribution in [0.25, 0.3) is 0 Å². The fourth-order valence-electron chi connectivity index (χ4n) is 1.88. The summed E-state index contributed by atoms with van der Waals surface area (Å²) in [5.74, 6) is 0.931. The largest absolute Gasteiger partial charge is 0.461 e. The van der Waals surface area contributed by atoms with E-state index in [4.69, 9.17) is 21.1 Å². The molecule has 7 heteroatoms. The van der Waals surface area contributed by atoms with Crippen molar-refractivity contribution in [3.63, 3.8) is 0 Å². The van der Waals surface area contributed by atoms with Crippen molar-refractivity contribution in [2.24, 2.45) is 5.92 Å². The molecule has 6 nitrogen and oxygen atoms in total. The lowest BCUT2D eigenvalue weighted by Crippen LogP contribution is -2.25. The first kappa shape index (κ1) is 14.3. The third-order valence-corrected chi connectivity index (χ3v) is 2.90. The Morgan fingerprint density at radius 3 is 2.95 bits per heavy atom. The van der Waals surface area contributed by atoms with Gasteiger partial charge in [-0.15, -0.1) is 0 Å². The summed E-state index contributed by atoms with van der Waals surface area (Å²) in [6.07, 6.45) is 2.26. The minimum atomic E-state index is -0.00180. The van der Waals surface area contributed by atoms with Crippen molar-refractivity contribution in [3.05, 3.63) is 5.28 Å². The summed E-state index contributed by atoms with van der Waals surface area (Å²) in [5.41, 5.74) is 0. The van der Waals surface area contributed by atoms with Crippen LogP contribution in [0.2, 0.25) is 5.28 Å². The van der Waals surface area contributed by atoms with Gasteiger partial charge in [0, 0.05) is 13.2 Å². The fourth-order valence-corrected chi connectivity index (χ4v) is 2.03. The molecule has 1 fully saturated rings. The molecule has 1 aliphatic rings. The topological polar surface area (TPSA) is 69.2 Å². The van der Waals surface area contributed by atoms with Crippen molar-refractivity contribution in [1.82, 2.24) is 15.0 Å². The smallest absolute Gasteiger partial charge is 0.322 e. The molecular formula is C12H19ClN4O2. The second-order valence-corrected chi connectivity index (χ2v) is 5.18. The number of rotatable bonds is 5. The van der Waals surface area contributed by atoms with Gasteiger partial charge in [0.1, 0.15) is 0 Å². The molecule has 0 aromatic carbocycles. The van der Waals surface area contributed by atoms with Crippen LogP contribution >= 0.6 is 11.6 Å². The monoisotopic (exact) mass is 286 g/mol. The van der Waals surface area contributed by atoms with Gasteiger partial charge in [-0.2, -0.15) is 15.0 Å². The molecule has 0 saturated carbocycles. The van der Waals surface area contributed by atoms with Crippen LogP contribution < -0.4 is 10.1 Å². The third kappa shape index (κ3) is 4.80. The van der Waals surface area contributed by atoms with E-state index in [0.717, 1.165) is 32.6 Å². The third-order valence-electron chi connectivity index (χ3n) is 2.73. The van der Waals surface area contributed by atoms with E-state index in [0.29, 0.717) is 11.9 Å². The quantitative estimate of drug-likeness (QED) is 0.894. The van der Waals surface area contributed by atoms with Crippen LogP contribution in [0.1, 0.15) is 26.7 Å². The standard InChI is InChI=1S/C12H19ClN4O2/c1-8(2)19-12-16-10(13)15-11(17-12)14-6-9-4-3-5-18-7-9/h8-9H,3-7H2,1-2H3,(H,14,15,16,17). The summed E-state index contributed by atoms with van der Waals surface area (Å²) < 4.78 is 10.8. The minimum Gasteiger partial charge on any atom is -0.461 e. The molecule has 1 saturated heterocycles. The van der Waals surface area contributed by atoms with Crippen LogP contribution in [0.3, 0.4) is 0 Å². The van der Waals surface area contributed by atoms with Gasteiger partial charge in [-0.25, -0.2) is 0 Å². The van der Waals surface area contributed by atoms with E-state index in [2.05, 4.69) is 20.3 Å². The van der Waals surface area contributed by atoms with Crippen molar-refractivity contribution < 1.29 is 9.47 Å². The summed E-state index contributed by atoms with van der Waals surface area (Å²) in [4.78, 5) is 12.1. The van der Waals surface area contributed by atoms with Crippen LogP contribution in [0, 0.1) is 5.92 Å². The van der Waals surface area contributed by atoms with E-state index >= 15 is 0 Å². The first-order chi connectivity index (χ1) is 9.13. The van der Waals surface area contributed by atoms with Gasteiger partial charge in [0.25, 0.3) is 0 Å². The van der Waals surface area contributed by atoms with Crippen molar-refractivity contribution >= 4 is 17.5 Å². The Labute approximate surface area is 117 Å². The van der Waals surface area contributed by atoms with Gasteiger partial charge in [0.05, 0.1) is 12.7 Å². The summed E-state index contributed by atoms with van der Waals surface area (Å²) >= 11 is 5.85. The Kier molecular flexibility index (Phi) is 5.15. The molecule has 1 unspecified atom stereocenters. The normalized spacial score (nSPS) is 19.5. The van der Waals surface area contributed by atoms with Crippen LogP contribution in [-0.4, -0.2) is 40.8 Å². The lowest BCUT2D eigenvalue weighted by Gasteiger charge is -2.22. The van der Waals surface area contributed by atoms with Gasteiger partial charge in [-0.3, -0.25) is 0 Å². The number of aromatic nitrogens is 3. The molecule has 1 aromatic rings. The number of ether oxygens (including phenoxy) is 2. The summed E-state index contributed by atoms with van der Waals surface area (Å²) in [5, 5.41) is 3.29. The van der Waals surface area contributed by atoms with Gasteiger partial charge >= 0.3 is 6.01 Å². The predicted molar refractivity (Wildman–Crippen MR) is 72.6 cm³/mol. The highest BCUT2D eigenvalue weighted by Gasteiger charge is 2.15. The van der Waals surface area contributed by atoms with E-state index in [1.54, 1.807) is 0 Å². The van der Waals surface area contributed by atoms with Crippen LogP contribution in [0.5, 0.6) is 6.01 Å². The van der Waals surface area contributed by atoms with E-state index in [-0.39, 0.29) is 17.4 Å². The Hall–Kier alpha value is -1.14. The van der Waals surface area contributed by atoms with Crippen LogP contribution in [0.4, 0.5) is 5.95 Å². The number of nitrogens with zero attached hydrogens (tertiary/aromatic N) is 3. The Morgan fingerprint density at radius 2 is 2.26 bits per heavy atom. The SMILES string of the molecule is CC(C)Oc1nc(Cl)nc(NCC2CCCOC2)n1. The molecule has 1 N–H and O–H groups in total. The first-order valence-electron chi connectivity index (χ1n) is 6.53. The maximum Gasteiger partial charge on any atom is 0.322 e. The molecule has 2 heterocycles. The highest BCUT2D eigenvalue weighted by atomic mass is 35.5. The van der Waals surface area contributed by atoms with E-state index in [1.807, 2.05) is 13.8 Å². The molecular weight excluding hydrogens is 268 g/mol. The molecule has 0 radical (unpaired) electrons. The highest BCUT2D eigenvalue weighted by Crippen LogP contribution is 2.16. The van der Waals surface area contributed by atoms with Crippen molar-refractivity contribution in [1.29, 1.82) is 0 Å². The molecule has 1 atom stereocenters. The number of nitrogens with one attached hydrogen (secondary N) is 1. The number of anilines is 1. The minimum absolute atomic E-state index is 0.00180. The summed E-state index contributed by atoms with van der Waals surface area (Å²) in [6.45, 7) is 6.22. The summed E-state index contributed by atoms with van der Waals surface area (Å²) in [6, 6.07) is 0.248. The van der Waals surface area contributed by atoms with Crippen LogP contribution in [-0.2, 0) is 4.74 Å². The molecule has 2 rings (SSSR count). The van der Waals surface area contributed by atoms with Gasteiger partial charge in [-0.05, 0) is 44.2 Å². The lowest BCUT2D eigenvalue weighted by molar-refractivity contribution is 0.0594. The zero-order valence-corrected chi connectivity index (χ0v) is 12.0. The van der Waals surface area contributed by atoms with E-state index in [1.165, 1.54) is 0 Å². The molecule has 1 aromatic heterocycles. The van der Waals surface area contributed by atoms with Gasteiger partial charge in [-0.1, -0.05) is 0 Å². The second kappa shape index (κ2) is 6.86. The molecule has 19 heavy (non-hydrogen) atoms. The maximum absolute atomic E-state index is 5.85. The first-order valence-corrected chi connectivity index (χ1v) is 6.91. The fraction of sp³-hybridized carbons (Fsp3) is 0.750. The maximum atomic E-state index is 5.85. The average molecular weight is 287 g/mol. The average Bonchev–Trinajstić information content (AvgIpc) is 2.36. The summed E-state index contributed by atoms with van der Waals surface area (Å²) in [7, 11) is 0. The zero-order valence-electron chi connectivity index (χ0n) is 11.2. The van der Waals surface area contributed by atoms with E-state index in [9.17, 15) is 0 Å². The van der Waals surface area contributed by atoms with Gasteiger partial charge < -0.3 is 14.8 Å². The zero-order chi connectivity index (χ0) is 13.7.